The number of carbonyl (C=O) groups excluding carboxylic acids is 2. The van der Waals surface area contributed by atoms with Crippen molar-refractivity contribution in [1.29, 1.82) is 0 Å². The van der Waals surface area contributed by atoms with Crippen LogP contribution in [0.4, 0.5) is 5.82 Å². The number of anilines is 1. The minimum Gasteiger partial charge on any atom is -0.303 e. The summed E-state index contributed by atoms with van der Waals surface area (Å²) in [4.78, 5) is 27.6. The Kier molecular flexibility index (Phi) is 3.90. The van der Waals surface area contributed by atoms with Crippen molar-refractivity contribution in [1.82, 2.24) is 14.7 Å². The Bertz CT molecular complexity index is 800. The van der Waals surface area contributed by atoms with Gasteiger partial charge in [-0.05, 0) is 51.0 Å². The molecule has 3 heterocycles. The lowest BCUT2D eigenvalue weighted by atomic mass is 10.2. The number of carbonyl (C=O) groups is 2. The van der Waals surface area contributed by atoms with Crippen molar-refractivity contribution in [2.45, 2.75) is 25.8 Å². The number of imide groups is 1. The van der Waals surface area contributed by atoms with Crippen LogP contribution >= 0.6 is 0 Å². The lowest BCUT2D eigenvalue weighted by Gasteiger charge is -2.14. The molecule has 2 aliphatic heterocycles. The summed E-state index contributed by atoms with van der Waals surface area (Å²) in [6.45, 7) is 4.22. The molecule has 2 aliphatic rings. The topological polar surface area (TPSA) is 58.4 Å². The lowest BCUT2D eigenvalue weighted by molar-refractivity contribution is -0.120. The van der Waals surface area contributed by atoms with Gasteiger partial charge in [0.15, 0.2) is 5.82 Å². The molecule has 1 fully saturated rings. The molecule has 2 aromatic rings. The van der Waals surface area contributed by atoms with Gasteiger partial charge in [-0.1, -0.05) is 12.1 Å². The highest BCUT2D eigenvalue weighted by atomic mass is 16.2. The van der Waals surface area contributed by atoms with Gasteiger partial charge in [-0.25, -0.2) is 4.90 Å². The number of nitrogens with zero attached hydrogens (tertiary/aromatic N) is 4. The molecule has 0 atom stereocenters. The Morgan fingerprint density at radius 1 is 0.958 bits per heavy atom. The molecule has 0 spiro atoms. The molecule has 0 radical (unpaired) electrons. The zero-order chi connectivity index (χ0) is 16.5. The molecule has 24 heavy (non-hydrogen) atoms. The van der Waals surface area contributed by atoms with Crippen molar-refractivity contribution < 1.29 is 9.59 Å². The number of aryl methyl sites for hydroxylation is 1. The molecule has 0 N–H and O–H groups in total. The van der Waals surface area contributed by atoms with Crippen molar-refractivity contribution in [3.05, 3.63) is 36.4 Å². The zero-order valence-electron chi connectivity index (χ0n) is 13.5. The van der Waals surface area contributed by atoms with Gasteiger partial charge in [0.1, 0.15) is 0 Å². The summed E-state index contributed by atoms with van der Waals surface area (Å²) in [6.07, 6.45) is 6.18. The van der Waals surface area contributed by atoms with Crippen LogP contribution in [0.15, 0.2) is 36.4 Å². The summed E-state index contributed by atoms with van der Waals surface area (Å²) < 4.78 is 1.92. The number of hydrogen-bond donors (Lipinski definition) is 0. The van der Waals surface area contributed by atoms with E-state index in [9.17, 15) is 9.59 Å². The number of hydrogen-bond acceptors (Lipinski definition) is 4. The molecule has 6 nitrogen and oxygen atoms in total. The molecule has 4 rings (SSSR count). The monoisotopic (exact) mass is 324 g/mol. The summed E-state index contributed by atoms with van der Waals surface area (Å²) in [5.74, 6) is -0.216. The molecule has 1 aromatic carbocycles. The van der Waals surface area contributed by atoms with E-state index in [0.717, 1.165) is 35.3 Å². The van der Waals surface area contributed by atoms with Crippen molar-refractivity contribution in [2.24, 2.45) is 0 Å². The Morgan fingerprint density at radius 2 is 1.67 bits per heavy atom. The number of para-hydroxylation sites is 1. The van der Waals surface area contributed by atoms with Crippen LogP contribution in [-0.2, 0) is 16.1 Å². The average Bonchev–Trinajstić information content (AvgIpc) is 3.29. The molecule has 0 saturated carbocycles. The fraction of sp³-hybridized carbons (Fsp3) is 0.389. The van der Waals surface area contributed by atoms with Crippen LogP contribution in [0.1, 0.15) is 19.3 Å². The highest BCUT2D eigenvalue weighted by molar-refractivity contribution is 6.29. The van der Waals surface area contributed by atoms with Crippen molar-refractivity contribution in [2.75, 3.05) is 24.5 Å². The Labute approximate surface area is 140 Å². The van der Waals surface area contributed by atoms with E-state index in [1.807, 2.05) is 28.9 Å². The molecule has 0 unspecified atom stereocenters. The molecular formula is C18H20N4O2. The maximum Gasteiger partial charge on any atom is 0.259 e. The van der Waals surface area contributed by atoms with E-state index in [2.05, 4.69) is 10.00 Å². The predicted octanol–water partition coefficient (Wildman–Crippen LogP) is 1.95. The van der Waals surface area contributed by atoms with Gasteiger partial charge in [-0.3, -0.25) is 14.3 Å². The molecule has 124 valence electrons. The molecule has 2 amide bonds. The van der Waals surface area contributed by atoms with Crippen molar-refractivity contribution >= 4 is 28.5 Å². The van der Waals surface area contributed by atoms with E-state index in [0.29, 0.717) is 5.82 Å². The van der Waals surface area contributed by atoms with Gasteiger partial charge in [0.05, 0.1) is 5.52 Å². The van der Waals surface area contributed by atoms with Gasteiger partial charge in [0.2, 0.25) is 0 Å². The van der Waals surface area contributed by atoms with E-state index in [-0.39, 0.29) is 11.8 Å². The maximum absolute atomic E-state index is 12.0. The number of fused-ring (bicyclic) bond motifs is 1. The molecule has 0 bridgehead atoms. The second-order valence-electron chi connectivity index (χ2n) is 6.31. The van der Waals surface area contributed by atoms with E-state index >= 15 is 0 Å². The third-order valence-electron chi connectivity index (χ3n) is 4.70. The number of aromatic nitrogens is 2. The summed E-state index contributed by atoms with van der Waals surface area (Å²) in [6, 6.07) is 7.75. The number of rotatable bonds is 5. The molecule has 0 aliphatic carbocycles. The van der Waals surface area contributed by atoms with Crippen LogP contribution in [-0.4, -0.2) is 46.1 Å². The van der Waals surface area contributed by atoms with Gasteiger partial charge in [-0.15, -0.1) is 0 Å². The zero-order valence-corrected chi connectivity index (χ0v) is 13.5. The van der Waals surface area contributed by atoms with Gasteiger partial charge in [0, 0.05) is 24.1 Å². The summed E-state index contributed by atoms with van der Waals surface area (Å²) >= 11 is 0. The minimum absolute atomic E-state index is 0.326. The largest absolute Gasteiger partial charge is 0.303 e. The first kappa shape index (κ1) is 15.1. The van der Waals surface area contributed by atoms with Gasteiger partial charge >= 0.3 is 0 Å². The highest BCUT2D eigenvalue weighted by Crippen LogP contribution is 2.28. The SMILES string of the molecule is O=C1C=CC(=O)N1c1nn(CCCN2CCCC2)c2ccccc12. The fourth-order valence-electron chi connectivity index (χ4n) is 3.50. The normalized spacial score (nSPS) is 18.4. The highest BCUT2D eigenvalue weighted by Gasteiger charge is 2.29. The van der Waals surface area contributed by atoms with E-state index in [1.165, 1.54) is 38.1 Å². The van der Waals surface area contributed by atoms with Crippen molar-refractivity contribution in [3.8, 4) is 0 Å². The van der Waals surface area contributed by atoms with Crippen LogP contribution in [0, 0.1) is 0 Å². The predicted molar refractivity (Wildman–Crippen MR) is 91.7 cm³/mol. The van der Waals surface area contributed by atoms with Crippen LogP contribution in [0.5, 0.6) is 0 Å². The van der Waals surface area contributed by atoms with Crippen molar-refractivity contribution in [3.63, 3.8) is 0 Å². The van der Waals surface area contributed by atoms with Gasteiger partial charge in [-0.2, -0.15) is 5.10 Å². The number of amides is 2. The summed E-state index contributed by atoms with van der Waals surface area (Å²) in [5.41, 5.74) is 0.960. The second-order valence-corrected chi connectivity index (χ2v) is 6.31. The van der Waals surface area contributed by atoms with Crippen LogP contribution in [0.2, 0.25) is 0 Å². The van der Waals surface area contributed by atoms with Gasteiger partial charge < -0.3 is 4.90 Å². The molecule has 1 aromatic heterocycles. The maximum atomic E-state index is 12.0. The molecule has 6 heteroatoms. The summed E-state index contributed by atoms with van der Waals surface area (Å²) in [7, 11) is 0. The quantitative estimate of drug-likeness (QED) is 0.789. The van der Waals surface area contributed by atoms with E-state index in [1.54, 1.807) is 0 Å². The first-order chi connectivity index (χ1) is 11.7. The smallest absolute Gasteiger partial charge is 0.259 e. The first-order valence-corrected chi connectivity index (χ1v) is 8.48. The van der Waals surface area contributed by atoms with Crippen LogP contribution in [0.3, 0.4) is 0 Å². The van der Waals surface area contributed by atoms with E-state index in [4.69, 9.17) is 0 Å². The summed E-state index contributed by atoms with van der Waals surface area (Å²) in [5, 5.41) is 5.42. The number of benzene rings is 1. The third kappa shape index (κ3) is 2.63. The second kappa shape index (κ2) is 6.20. The minimum atomic E-state index is -0.326. The van der Waals surface area contributed by atoms with E-state index < -0.39 is 0 Å². The van der Waals surface area contributed by atoms with Gasteiger partial charge in [0.25, 0.3) is 11.8 Å². The average molecular weight is 324 g/mol. The Hall–Kier alpha value is -2.47. The standard InChI is InChI=1S/C18H20N4O2/c23-16-8-9-17(24)22(16)18-14-6-1-2-7-15(14)21(19-18)13-5-12-20-10-3-4-11-20/h1-2,6-9H,3-5,10-13H2. The third-order valence-corrected chi connectivity index (χ3v) is 4.70. The fourth-order valence-corrected chi connectivity index (χ4v) is 3.50. The van der Waals surface area contributed by atoms with Crippen LogP contribution < -0.4 is 4.90 Å². The number of likely N-dealkylation sites (tertiary alicyclic amines) is 1. The lowest BCUT2D eigenvalue weighted by Crippen LogP contribution is -2.30. The van der Waals surface area contributed by atoms with Crippen LogP contribution in [0.25, 0.3) is 10.9 Å². The molecular weight excluding hydrogens is 304 g/mol. The Balaban J connectivity index is 1.59. The first-order valence-electron chi connectivity index (χ1n) is 8.48. The Morgan fingerprint density at radius 3 is 2.42 bits per heavy atom. The molecule has 1 saturated heterocycles.